The monoisotopic (exact) mass is 326 g/mol. The van der Waals surface area contributed by atoms with E-state index in [-0.39, 0.29) is 12.2 Å². The van der Waals surface area contributed by atoms with E-state index in [4.69, 9.17) is 9.26 Å². The first-order valence-electron chi connectivity index (χ1n) is 7.92. The average molecular weight is 326 g/mol. The maximum Gasteiger partial charge on any atom is 0.257 e. The Morgan fingerprint density at radius 2 is 2.12 bits per heavy atom. The van der Waals surface area contributed by atoms with Gasteiger partial charge >= 0.3 is 0 Å². The predicted molar refractivity (Wildman–Crippen MR) is 84.6 cm³/mol. The molecule has 4 rings (SSSR count). The third-order valence-electron chi connectivity index (χ3n) is 3.89. The topological polar surface area (TPSA) is 90.9 Å². The Bertz CT molecular complexity index is 800. The number of aromatic nitrogens is 5. The van der Waals surface area contributed by atoms with E-state index < -0.39 is 0 Å². The zero-order chi connectivity index (χ0) is 16.4. The van der Waals surface area contributed by atoms with Crippen LogP contribution in [0.5, 0.6) is 0 Å². The summed E-state index contributed by atoms with van der Waals surface area (Å²) in [5.41, 5.74) is 0.995. The Morgan fingerprint density at radius 1 is 1.25 bits per heavy atom. The molecule has 0 aliphatic carbocycles. The van der Waals surface area contributed by atoms with Crippen molar-refractivity contribution in [1.29, 1.82) is 0 Å². The van der Waals surface area contributed by atoms with Gasteiger partial charge in [-0.15, -0.1) is 10.2 Å². The quantitative estimate of drug-likeness (QED) is 0.772. The van der Waals surface area contributed by atoms with Gasteiger partial charge < -0.3 is 14.6 Å². The Morgan fingerprint density at radius 3 is 2.96 bits per heavy atom. The van der Waals surface area contributed by atoms with Gasteiger partial charge in [0.15, 0.2) is 5.82 Å². The SMILES string of the molecule is C[C@@H]1CNC[C@H](c2nc(Cc3nncn3-c3ccccc3)no2)O1. The second kappa shape index (κ2) is 6.50. The lowest BCUT2D eigenvalue weighted by atomic mass is 10.2. The summed E-state index contributed by atoms with van der Waals surface area (Å²) in [6.45, 7) is 3.52. The molecule has 124 valence electrons. The van der Waals surface area contributed by atoms with Gasteiger partial charge in [-0.05, 0) is 19.1 Å². The molecule has 1 aliphatic rings. The summed E-state index contributed by atoms with van der Waals surface area (Å²) < 4.78 is 13.1. The van der Waals surface area contributed by atoms with Crippen LogP contribution in [0.3, 0.4) is 0 Å². The lowest BCUT2D eigenvalue weighted by molar-refractivity contribution is -0.0438. The summed E-state index contributed by atoms with van der Waals surface area (Å²) in [5, 5.41) is 15.5. The molecule has 1 saturated heterocycles. The molecule has 3 aromatic rings. The molecule has 8 nitrogen and oxygen atoms in total. The molecular weight excluding hydrogens is 308 g/mol. The fraction of sp³-hybridized carbons (Fsp3) is 0.375. The number of para-hydroxylation sites is 1. The van der Waals surface area contributed by atoms with Gasteiger partial charge in [-0.1, -0.05) is 23.4 Å². The van der Waals surface area contributed by atoms with Crippen LogP contribution >= 0.6 is 0 Å². The van der Waals surface area contributed by atoms with Gasteiger partial charge in [0.05, 0.1) is 12.5 Å². The van der Waals surface area contributed by atoms with Gasteiger partial charge in [-0.2, -0.15) is 4.98 Å². The minimum absolute atomic E-state index is 0.125. The predicted octanol–water partition coefficient (Wildman–Crippen LogP) is 1.29. The number of nitrogens with zero attached hydrogens (tertiary/aromatic N) is 5. The molecule has 1 aliphatic heterocycles. The molecule has 1 fully saturated rings. The molecule has 0 bridgehead atoms. The van der Waals surface area contributed by atoms with Crippen molar-refractivity contribution in [2.24, 2.45) is 0 Å². The van der Waals surface area contributed by atoms with Gasteiger partial charge in [0.2, 0.25) is 0 Å². The molecule has 1 aromatic carbocycles. The van der Waals surface area contributed by atoms with Crippen molar-refractivity contribution in [3.05, 3.63) is 54.2 Å². The standard InChI is InChI=1S/C16H18N6O2/c1-11-8-17-9-13(23-11)16-19-14(21-24-16)7-15-20-18-10-22(15)12-5-3-2-4-6-12/h2-6,10-11,13,17H,7-9H2,1H3/t11-,13-/m1/s1. The highest BCUT2D eigenvalue weighted by Gasteiger charge is 2.26. The number of hydrogen-bond acceptors (Lipinski definition) is 7. The van der Waals surface area contributed by atoms with Crippen LogP contribution < -0.4 is 5.32 Å². The zero-order valence-electron chi connectivity index (χ0n) is 13.3. The van der Waals surface area contributed by atoms with Gasteiger partial charge in [-0.25, -0.2) is 0 Å². The number of benzene rings is 1. The molecule has 0 radical (unpaired) electrons. The Kier molecular flexibility index (Phi) is 4.06. The van der Waals surface area contributed by atoms with E-state index in [0.717, 1.165) is 18.1 Å². The smallest absolute Gasteiger partial charge is 0.257 e. The fourth-order valence-electron chi connectivity index (χ4n) is 2.74. The summed E-state index contributed by atoms with van der Waals surface area (Å²) in [4.78, 5) is 4.45. The lowest BCUT2D eigenvalue weighted by Crippen LogP contribution is -2.39. The van der Waals surface area contributed by atoms with E-state index in [2.05, 4.69) is 25.7 Å². The van der Waals surface area contributed by atoms with Crippen LogP contribution in [0.15, 0.2) is 41.2 Å². The highest BCUT2D eigenvalue weighted by Crippen LogP contribution is 2.20. The van der Waals surface area contributed by atoms with E-state index in [9.17, 15) is 0 Å². The van der Waals surface area contributed by atoms with Gasteiger partial charge in [0.1, 0.15) is 18.3 Å². The van der Waals surface area contributed by atoms with Crippen molar-refractivity contribution >= 4 is 0 Å². The maximum atomic E-state index is 5.82. The van der Waals surface area contributed by atoms with Crippen LogP contribution in [0, 0.1) is 0 Å². The van der Waals surface area contributed by atoms with E-state index >= 15 is 0 Å². The second-order valence-electron chi connectivity index (χ2n) is 5.77. The number of ether oxygens (including phenoxy) is 1. The minimum atomic E-state index is -0.206. The number of rotatable bonds is 4. The summed E-state index contributed by atoms with van der Waals surface area (Å²) in [5.74, 6) is 1.82. The largest absolute Gasteiger partial charge is 0.363 e. The van der Waals surface area contributed by atoms with Crippen molar-refractivity contribution < 1.29 is 9.26 Å². The van der Waals surface area contributed by atoms with Crippen LogP contribution in [-0.4, -0.2) is 44.1 Å². The van der Waals surface area contributed by atoms with Crippen molar-refractivity contribution in [2.45, 2.75) is 25.6 Å². The number of nitrogens with one attached hydrogen (secondary N) is 1. The van der Waals surface area contributed by atoms with E-state index in [1.165, 1.54) is 0 Å². The van der Waals surface area contributed by atoms with E-state index in [1.54, 1.807) is 6.33 Å². The molecule has 2 atom stereocenters. The minimum Gasteiger partial charge on any atom is -0.363 e. The second-order valence-corrected chi connectivity index (χ2v) is 5.77. The van der Waals surface area contributed by atoms with E-state index in [1.807, 2.05) is 41.8 Å². The summed E-state index contributed by atoms with van der Waals surface area (Å²) >= 11 is 0. The highest BCUT2D eigenvalue weighted by molar-refractivity contribution is 5.32. The van der Waals surface area contributed by atoms with Crippen LogP contribution in [-0.2, 0) is 11.2 Å². The Balaban J connectivity index is 1.52. The molecule has 0 spiro atoms. The molecule has 8 heteroatoms. The number of hydrogen-bond donors (Lipinski definition) is 1. The molecule has 3 heterocycles. The van der Waals surface area contributed by atoms with Crippen molar-refractivity contribution in [1.82, 2.24) is 30.2 Å². The first-order valence-corrected chi connectivity index (χ1v) is 7.92. The Hall–Kier alpha value is -2.58. The van der Waals surface area contributed by atoms with E-state index in [0.29, 0.717) is 24.7 Å². The van der Waals surface area contributed by atoms with Crippen molar-refractivity contribution in [3.8, 4) is 5.69 Å². The molecule has 24 heavy (non-hydrogen) atoms. The molecule has 0 amide bonds. The molecule has 2 aromatic heterocycles. The third kappa shape index (κ3) is 3.06. The van der Waals surface area contributed by atoms with Crippen LogP contribution in [0.4, 0.5) is 0 Å². The molecule has 0 unspecified atom stereocenters. The van der Waals surface area contributed by atoms with Crippen LogP contribution in [0.2, 0.25) is 0 Å². The Labute approximate surface area is 138 Å². The molecule has 0 saturated carbocycles. The zero-order valence-corrected chi connectivity index (χ0v) is 13.3. The van der Waals surface area contributed by atoms with Crippen molar-refractivity contribution in [2.75, 3.05) is 13.1 Å². The van der Waals surface area contributed by atoms with Gasteiger partial charge in [-0.3, -0.25) is 4.57 Å². The third-order valence-corrected chi connectivity index (χ3v) is 3.89. The fourth-order valence-corrected chi connectivity index (χ4v) is 2.74. The normalized spacial score (nSPS) is 21.0. The van der Waals surface area contributed by atoms with Gasteiger partial charge in [0.25, 0.3) is 5.89 Å². The summed E-state index contributed by atoms with van der Waals surface area (Å²) in [6.07, 6.45) is 2.04. The van der Waals surface area contributed by atoms with Gasteiger partial charge in [0, 0.05) is 18.8 Å². The molecular formula is C16H18N6O2. The number of morpholine rings is 1. The lowest BCUT2D eigenvalue weighted by Gasteiger charge is -2.25. The first-order chi connectivity index (χ1) is 11.8. The average Bonchev–Trinajstić information content (AvgIpc) is 3.26. The highest BCUT2D eigenvalue weighted by atomic mass is 16.5. The van der Waals surface area contributed by atoms with Crippen LogP contribution in [0.1, 0.15) is 30.6 Å². The van der Waals surface area contributed by atoms with Crippen molar-refractivity contribution in [3.63, 3.8) is 0 Å². The summed E-state index contributed by atoms with van der Waals surface area (Å²) in [6, 6.07) is 9.91. The molecule has 1 N–H and O–H groups in total. The maximum absolute atomic E-state index is 5.82. The first kappa shape index (κ1) is 15.0. The van der Waals surface area contributed by atoms with Crippen LogP contribution in [0.25, 0.3) is 5.69 Å². The summed E-state index contributed by atoms with van der Waals surface area (Å²) in [7, 11) is 0.